The second-order valence-electron chi connectivity index (χ2n) is 3.71. The molecule has 0 saturated carbocycles. The van der Waals surface area contributed by atoms with Crippen molar-refractivity contribution < 1.29 is 14.1 Å². The van der Waals surface area contributed by atoms with Crippen molar-refractivity contribution in [3.05, 3.63) is 35.7 Å². The Kier molecular flexibility index (Phi) is 3.18. The molecular weight excluding hydrogens is 234 g/mol. The zero-order chi connectivity index (χ0) is 13.1. The van der Waals surface area contributed by atoms with Crippen LogP contribution in [0, 0.1) is 6.92 Å². The van der Waals surface area contributed by atoms with Gasteiger partial charge in [0.1, 0.15) is 17.1 Å². The van der Waals surface area contributed by atoms with Crippen LogP contribution in [0.2, 0.25) is 0 Å². The first-order valence-electron chi connectivity index (χ1n) is 5.28. The molecule has 0 aliphatic rings. The predicted octanol–water partition coefficient (Wildman–Crippen LogP) is 1.83. The molecule has 0 radical (unpaired) electrons. The molecule has 0 atom stereocenters. The van der Waals surface area contributed by atoms with Crippen LogP contribution in [0.3, 0.4) is 0 Å². The number of carbonyl (C=O) groups excluding carboxylic acids is 1. The Balaban J connectivity index is 2.20. The Morgan fingerprint density at radius 2 is 2.28 bits per heavy atom. The van der Waals surface area contributed by atoms with Gasteiger partial charge in [-0.15, -0.1) is 0 Å². The number of benzene rings is 1. The number of anilines is 2. The fourth-order valence-corrected chi connectivity index (χ4v) is 1.50. The van der Waals surface area contributed by atoms with Crippen molar-refractivity contribution in [2.24, 2.45) is 0 Å². The van der Waals surface area contributed by atoms with E-state index in [-0.39, 0.29) is 5.91 Å². The number of nitrogens with two attached hydrogens (primary N) is 1. The molecule has 0 aliphatic heterocycles. The Bertz CT molecular complexity index is 578. The minimum absolute atomic E-state index is 0.291. The van der Waals surface area contributed by atoms with Crippen LogP contribution < -0.4 is 15.8 Å². The highest BCUT2D eigenvalue weighted by atomic mass is 16.5. The van der Waals surface area contributed by atoms with Gasteiger partial charge in [-0.1, -0.05) is 5.16 Å². The molecule has 2 aromatic rings. The van der Waals surface area contributed by atoms with Crippen LogP contribution in [0.5, 0.6) is 5.75 Å². The Labute approximate surface area is 104 Å². The normalized spacial score (nSPS) is 10.1. The number of hydrogen-bond acceptors (Lipinski definition) is 5. The van der Waals surface area contributed by atoms with E-state index in [0.717, 1.165) is 0 Å². The molecule has 0 unspecified atom stereocenters. The summed E-state index contributed by atoms with van der Waals surface area (Å²) >= 11 is 0. The van der Waals surface area contributed by atoms with E-state index in [1.165, 1.54) is 13.3 Å². The number of nitrogens with one attached hydrogen (secondary N) is 1. The van der Waals surface area contributed by atoms with Crippen molar-refractivity contribution in [1.82, 2.24) is 5.16 Å². The van der Waals surface area contributed by atoms with Crippen molar-refractivity contribution in [1.29, 1.82) is 0 Å². The third-order valence-electron chi connectivity index (χ3n) is 2.49. The quantitative estimate of drug-likeness (QED) is 0.807. The maximum Gasteiger partial charge on any atom is 0.260 e. The van der Waals surface area contributed by atoms with Gasteiger partial charge >= 0.3 is 0 Å². The van der Waals surface area contributed by atoms with Crippen molar-refractivity contribution >= 4 is 17.3 Å². The second-order valence-corrected chi connectivity index (χ2v) is 3.71. The minimum atomic E-state index is -0.291. The number of ether oxygens (including phenoxy) is 1. The van der Waals surface area contributed by atoms with E-state index >= 15 is 0 Å². The summed E-state index contributed by atoms with van der Waals surface area (Å²) in [5.41, 5.74) is 7.18. The van der Waals surface area contributed by atoms with E-state index in [0.29, 0.717) is 28.4 Å². The molecule has 94 valence electrons. The summed E-state index contributed by atoms with van der Waals surface area (Å²) in [5.74, 6) is 0.685. The van der Waals surface area contributed by atoms with Crippen LogP contribution in [0.1, 0.15) is 16.1 Å². The number of hydrogen-bond donors (Lipinski definition) is 2. The Hall–Kier alpha value is -2.50. The number of aromatic nitrogens is 1. The third-order valence-corrected chi connectivity index (χ3v) is 2.49. The number of rotatable bonds is 3. The molecule has 6 heteroatoms. The van der Waals surface area contributed by atoms with E-state index < -0.39 is 0 Å². The summed E-state index contributed by atoms with van der Waals surface area (Å²) in [6, 6.07) is 5.00. The molecule has 0 aliphatic carbocycles. The molecule has 0 saturated heterocycles. The topological polar surface area (TPSA) is 90.4 Å². The number of aryl methyl sites for hydroxylation is 1. The van der Waals surface area contributed by atoms with Gasteiger partial charge in [0.05, 0.1) is 19.0 Å². The number of methoxy groups -OCH3 is 1. The first-order chi connectivity index (χ1) is 8.61. The Morgan fingerprint density at radius 1 is 1.50 bits per heavy atom. The fourth-order valence-electron chi connectivity index (χ4n) is 1.50. The molecule has 3 N–H and O–H groups in total. The van der Waals surface area contributed by atoms with Gasteiger partial charge in [0.25, 0.3) is 5.91 Å². The number of nitrogens with zero attached hydrogens (tertiary/aromatic N) is 1. The van der Waals surface area contributed by atoms with Gasteiger partial charge in [-0.25, -0.2) is 0 Å². The van der Waals surface area contributed by atoms with Crippen LogP contribution in [0.25, 0.3) is 0 Å². The second kappa shape index (κ2) is 4.79. The maximum atomic E-state index is 11.9. The van der Waals surface area contributed by atoms with Gasteiger partial charge in [0.15, 0.2) is 0 Å². The smallest absolute Gasteiger partial charge is 0.260 e. The lowest BCUT2D eigenvalue weighted by Gasteiger charge is -2.08. The van der Waals surface area contributed by atoms with Gasteiger partial charge in [0, 0.05) is 11.8 Å². The zero-order valence-corrected chi connectivity index (χ0v) is 10.1. The average molecular weight is 247 g/mol. The van der Waals surface area contributed by atoms with Crippen molar-refractivity contribution in [3.63, 3.8) is 0 Å². The summed E-state index contributed by atoms with van der Waals surface area (Å²) in [7, 11) is 1.52. The molecule has 0 bridgehead atoms. The van der Waals surface area contributed by atoms with E-state index in [9.17, 15) is 4.79 Å². The van der Waals surface area contributed by atoms with E-state index in [4.69, 9.17) is 15.0 Å². The van der Waals surface area contributed by atoms with Gasteiger partial charge < -0.3 is 20.3 Å². The monoisotopic (exact) mass is 247 g/mol. The molecular formula is C12H13N3O3. The van der Waals surface area contributed by atoms with E-state index in [1.54, 1.807) is 25.1 Å². The average Bonchev–Trinajstić information content (AvgIpc) is 2.78. The Morgan fingerprint density at radius 3 is 2.89 bits per heavy atom. The highest BCUT2D eigenvalue weighted by Gasteiger charge is 2.13. The molecule has 0 spiro atoms. The number of carbonyl (C=O) groups is 1. The number of nitrogen functional groups attached to an aromatic ring is 1. The lowest BCUT2D eigenvalue weighted by molar-refractivity contribution is 0.102. The molecule has 6 nitrogen and oxygen atoms in total. The van der Waals surface area contributed by atoms with Gasteiger partial charge in [0.2, 0.25) is 0 Å². The van der Waals surface area contributed by atoms with Crippen LogP contribution >= 0.6 is 0 Å². The largest absolute Gasteiger partial charge is 0.495 e. The standard InChI is InChI=1S/C12H13N3O3/c1-7-9(6-14-18-7)12(16)15-8-3-4-10(13)11(5-8)17-2/h3-6H,13H2,1-2H3,(H,15,16). The SMILES string of the molecule is COc1cc(NC(=O)c2cnoc2C)ccc1N. The van der Waals surface area contributed by atoms with Crippen LogP contribution in [-0.4, -0.2) is 18.2 Å². The molecule has 18 heavy (non-hydrogen) atoms. The summed E-state index contributed by atoms with van der Waals surface area (Å²) in [5, 5.41) is 6.26. The molecule has 2 rings (SSSR count). The first kappa shape index (κ1) is 12.0. The van der Waals surface area contributed by atoms with Gasteiger partial charge in [-0.2, -0.15) is 0 Å². The molecule has 1 amide bonds. The summed E-state index contributed by atoms with van der Waals surface area (Å²) < 4.78 is 9.91. The van der Waals surface area contributed by atoms with Crippen LogP contribution in [-0.2, 0) is 0 Å². The lowest BCUT2D eigenvalue weighted by Crippen LogP contribution is -2.12. The molecule has 1 heterocycles. The molecule has 1 aromatic heterocycles. The molecule has 0 fully saturated rings. The van der Waals surface area contributed by atoms with Crippen molar-refractivity contribution in [3.8, 4) is 5.75 Å². The summed E-state index contributed by atoms with van der Waals surface area (Å²) in [6.45, 7) is 1.67. The van der Waals surface area contributed by atoms with Gasteiger partial charge in [-0.05, 0) is 19.1 Å². The first-order valence-corrected chi connectivity index (χ1v) is 5.28. The minimum Gasteiger partial charge on any atom is -0.495 e. The van der Waals surface area contributed by atoms with Crippen molar-refractivity contribution in [2.45, 2.75) is 6.92 Å². The third kappa shape index (κ3) is 2.27. The van der Waals surface area contributed by atoms with Gasteiger partial charge in [-0.3, -0.25) is 4.79 Å². The van der Waals surface area contributed by atoms with Crippen molar-refractivity contribution in [2.75, 3.05) is 18.2 Å². The van der Waals surface area contributed by atoms with E-state index in [1.807, 2.05) is 0 Å². The van der Waals surface area contributed by atoms with Crippen LogP contribution in [0.4, 0.5) is 11.4 Å². The predicted molar refractivity (Wildman–Crippen MR) is 66.6 cm³/mol. The lowest BCUT2D eigenvalue weighted by atomic mass is 10.2. The molecule has 1 aromatic carbocycles. The maximum absolute atomic E-state index is 11.9. The van der Waals surface area contributed by atoms with E-state index in [2.05, 4.69) is 10.5 Å². The highest BCUT2D eigenvalue weighted by Crippen LogP contribution is 2.25. The summed E-state index contributed by atoms with van der Waals surface area (Å²) in [6.07, 6.45) is 1.37. The summed E-state index contributed by atoms with van der Waals surface area (Å²) in [4.78, 5) is 11.9. The number of amides is 1. The zero-order valence-electron chi connectivity index (χ0n) is 10.1. The highest BCUT2D eigenvalue weighted by molar-refractivity contribution is 6.04. The van der Waals surface area contributed by atoms with Crippen LogP contribution in [0.15, 0.2) is 28.9 Å². The fraction of sp³-hybridized carbons (Fsp3) is 0.167.